The van der Waals surface area contributed by atoms with Crippen molar-refractivity contribution in [2.24, 2.45) is 5.84 Å². The summed E-state index contributed by atoms with van der Waals surface area (Å²) in [5.74, 6) is 5.69. The fraction of sp³-hybridized carbons (Fsp3) is 0.200. The van der Waals surface area contributed by atoms with E-state index in [1.807, 2.05) is 37.4 Å². The molecule has 5 nitrogen and oxygen atoms in total. The summed E-state index contributed by atoms with van der Waals surface area (Å²) in [5.41, 5.74) is 4.60. The molecule has 0 atom stereocenters. The van der Waals surface area contributed by atoms with Crippen LogP contribution >= 0.6 is 11.8 Å². The second kappa shape index (κ2) is 7.10. The first-order valence-corrected chi connectivity index (χ1v) is 7.81. The van der Waals surface area contributed by atoms with Crippen LogP contribution in [0.25, 0.3) is 0 Å². The van der Waals surface area contributed by atoms with Crippen LogP contribution in [-0.2, 0) is 6.42 Å². The van der Waals surface area contributed by atoms with Gasteiger partial charge in [-0.1, -0.05) is 13.0 Å². The number of nitrogen functional groups attached to an aromatic ring is 1. The topological polar surface area (TPSA) is 80.0 Å². The van der Waals surface area contributed by atoms with Crippen molar-refractivity contribution < 1.29 is 4.79 Å². The molecule has 0 aliphatic carbocycles. The van der Waals surface area contributed by atoms with Gasteiger partial charge in [0.2, 0.25) is 0 Å². The van der Waals surface area contributed by atoms with Crippen molar-refractivity contribution in [2.45, 2.75) is 18.2 Å². The summed E-state index contributed by atoms with van der Waals surface area (Å²) in [7, 11) is 0. The molecule has 110 valence electrons. The number of aryl methyl sites for hydroxylation is 1. The normalized spacial score (nSPS) is 10.2. The molecule has 1 heterocycles. The number of carbonyl (C=O) groups is 1. The molecular formula is C15H18N4OS. The van der Waals surface area contributed by atoms with E-state index in [0.717, 1.165) is 22.7 Å². The summed E-state index contributed by atoms with van der Waals surface area (Å²) >= 11 is 1.63. The molecule has 2 aromatic rings. The molecule has 0 unspecified atom stereocenters. The Kier molecular flexibility index (Phi) is 5.19. The Morgan fingerprint density at radius 3 is 2.81 bits per heavy atom. The average Bonchev–Trinajstić information content (AvgIpc) is 2.54. The summed E-state index contributed by atoms with van der Waals surface area (Å²) in [6.45, 7) is 1.98. The minimum atomic E-state index is -0.179. The Hall–Kier alpha value is -2.05. The Morgan fingerprint density at radius 1 is 1.33 bits per heavy atom. The van der Waals surface area contributed by atoms with E-state index in [0.29, 0.717) is 11.4 Å². The zero-order valence-electron chi connectivity index (χ0n) is 12.0. The van der Waals surface area contributed by atoms with Crippen molar-refractivity contribution in [3.63, 3.8) is 0 Å². The second-order valence-electron chi connectivity index (χ2n) is 4.42. The van der Waals surface area contributed by atoms with Crippen molar-refractivity contribution in [1.29, 1.82) is 0 Å². The van der Waals surface area contributed by atoms with Gasteiger partial charge in [-0.3, -0.25) is 4.79 Å². The number of rotatable bonds is 5. The predicted molar refractivity (Wildman–Crippen MR) is 87.6 cm³/mol. The molecule has 4 N–H and O–H groups in total. The number of nitrogens with zero attached hydrogens (tertiary/aromatic N) is 1. The van der Waals surface area contributed by atoms with Gasteiger partial charge in [-0.15, -0.1) is 11.8 Å². The van der Waals surface area contributed by atoms with E-state index in [1.54, 1.807) is 23.9 Å². The smallest absolute Gasteiger partial charge is 0.255 e. The summed E-state index contributed by atoms with van der Waals surface area (Å²) in [5, 5.41) is 2.89. The fourth-order valence-corrected chi connectivity index (χ4v) is 2.34. The van der Waals surface area contributed by atoms with Crippen LogP contribution in [0.3, 0.4) is 0 Å². The third-order valence-corrected chi connectivity index (χ3v) is 3.70. The Bertz CT molecular complexity index is 623. The van der Waals surface area contributed by atoms with Crippen molar-refractivity contribution in [2.75, 3.05) is 17.0 Å². The van der Waals surface area contributed by atoms with Gasteiger partial charge < -0.3 is 10.7 Å². The maximum Gasteiger partial charge on any atom is 0.255 e. The monoisotopic (exact) mass is 302 g/mol. The highest BCUT2D eigenvalue weighted by Gasteiger charge is 2.10. The lowest BCUT2D eigenvalue weighted by molar-refractivity contribution is 0.102. The van der Waals surface area contributed by atoms with Crippen LogP contribution in [0.2, 0.25) is 0 Å². The lowest BCUT2D eigenvalue weighted by Crippen LogP contribution is -2.15. The van der Waals surface area contributed by atoms with E-state index in [2.05, 4.69) is 15.7 Å². The number of thioether (sulfide) groups is 1. The zero-order valence-corrected chi connectivity index (χ0v) is 12.8. The third-order valence-electron chi connectivity index (χ3n) is 2.98. The summed E-state index contributed by atoms with van der Waals surface area (Å²) < 4.78 is 0. The van der Waals surface area contributed by atoms with E-state index in [-0.39, 0.29) is 5.91 Å². The van der Waals surface area contributed by atoms with E-state index < -0.39 is 0 Å². The Balaban J connectivity index is 2.23. The highest BCUT2D eigenvalue weighted by Crippen LogP contribution is 2.20. The molecule has 1 amide bonds. The molecule has 0 saturated carbocycles. The number of hydrazine groups is 1. The molecule has 21 heavy (non-hydrogen) atoms. The van der Waals surface area contributed by atoms with Crippen molar-refractivity contribution in [3.8, 4) is 0 Å². The van der Waals surface area contributed by atoms with Crippen LogP contribution in [0.1, 0.15) is 23.0 Å². The number of anilines is 2. The minimum Gasteiger partial charge on any atom is -0.322 e. The fourth-order valence-electron chi connectivity index (χ4n) is 1.88. The number of hydrogen-bond acceptors (Lipinski definition) is 5. The van der Waals surface area contributed by atoms with E-state index in [1.165, 1.54) is 0 Å². The SMILES string of the molecule is CCc1cc(C(=O)Nc2cccc(SC)c2)cc(NN)n1. The largest absolute Gasteiger partial charge is 0.322 e. The lowest BCUT2D eigenvalue weighted by Gasteiger charge is -2.09. The van der Waals surface area contributed by atoms with Gasteiger partial charge in [0.15, 0.2) is 0 Å². The van der Waals surface area contributed by atoms with E-state index in [9.17, 15) is 4.79 Å². The molecule has 2 rings (SSSR count). The number of aromatic nitrogens is 1. The number of nitrogens with two attached hydrogens (primary N) is 1. The maximum absolute atomic E-state index is 12.3. The predicted octanol–water partition coefficient (Wildman–Crippen LogP) is 2.90. The molecule has 0 radical (unpaired) electrons. The van der Waals surface area contributed by atoms with Gasteiger partial charge in [0.1, 0.15) is 5.82 Å². The van der Waals surface area contributed by atoms with Gasteiger partial charge in [-0.25, -0.2) is 10.8 Å². The van der Waals surface area contributed by atoms with Crippen molar-refractivity contribution in [1.82, 2.24) is 4.98 Å². The molecule has 1 aromatic heterocycles. The van der Waals surface area contributed by atoms with Gasteiger partial charge in [0.05, 0.1) is 0 Å². The number of benzene rings is 1. The molecule has 6 heteroatoms. The molecular weight excluding hydrogens is 284 g/mol. The number of amides is 1. The number of hydrogen-bond donors (Lipinski definition) is 3. The highest BCUT2D eigenvalue weighted by atomic mass is 32.2. The van der Waals surface area contributed by atoms with Gasteiger partial charge in [-0.2, -0.15) is 0 Å². The van der Waals surface area contributed by atoms with Crippen molar-refractivity contribution >= 4 is 29.2 Å². The van der Waals surface area contributed by atoms with Gasteiger partial charge in [-0.05, 0) is 43.0 Å². The minimum absolute atomic E-state index is 0.179. The highest BCUT2D eigenvalue weighted by molar-refractivity contribution is 7.98. The summed E-state index contributed by atoms with van der Waals surface area (Å²) in [6, 6.07) is 11.1. The van der Waals surface area contributed by atoms with E-state index in [4.69, 9.17) is 5.84 Å². The number of nitrogens with one attached hydrogen (secondary N) is 2. The quantitative estimate of drug-likeness (QED) is 0.449. The van der Waals surface area contributed by atoms with Crippen LogP contribution in [0.5, 0.6) is 0 Å². The molecule has 0 saturated heterocycles. The third kappa shape index (κ3) is 3.96. The summed E-state index contributed by atoms with van der Waals surface area (Å²) in [6.07, 6.45) is 2.73. The molecule has 1 aromatic carbocycles. The van der Waals surface area contributed by atoms with Crippen LogP contribution in [-0.4, -0.2) is 17.1 Å². The van der Waals surface area contributed by atoms with Crippen LogP contribution in [0.15, 0.2) is 41.3 Å². The first-order chi connectivity index (χ1) is 10.2. The first-order valence-electron chi connectivity index (χ1n) is 6.59. The molecule has 0 aliphatic rings. The Morgan fingerprint density at radius 2 is 2.14 bits per heavy atom. The molecule has 0 spiro atoms. The first kappa shape index (κ1) is 15.3. The van der Waals surface area contributed by atoms with Crippen LogP contribution in [0.4, 0.5) is 11.5 Å². The van der Waals surface area contributed by atoms with Crippen molar-refractivity contribution in [3.05, 3.63) is 47.7 Å². The zero-order chi connectivity index (χ0) is 15.2. The van der Waals surface area contributed by atoms with Crippen LogP contribution in [0, 0.1) is 0 Å². The summed E-state index contributed by atoms with van der Waals surface area (Å²) in [4.78, 5) is 17.7. The van der Waals surface area contributed by atoms with Gasteiger partial charge in [0.25, 0.3) is 5.91 Å². The van der Waals surface area contributed by atoms with E-state index >= 15 is 0 Å². The second-order valence-corrected chi connectivity index (χ2v) is 5.30. The molecule has 0 aliphatic heterocycles. The average molecular weight is 302 g/mol. The lowest BCUT2D eigenvalue weighted by atomic mass is 10.1. The molecule has 0 fully saturated rings. The van der Waals surface area contributed by atoms with Gasteiger partial charge >= 0.3 is 0 Å². The van der Waals surface area contributed by atoms with Gasteiger partial charge in [0, 0.05) is 21.8 Å². The number of carbonyl (C=O) groups excluding carboxylic acids is 1. The number of pyridine rings is 1. The standard InChI is InChI=1S/C15H18N4OS/c1-3-11-7-10(8-14(17-11)19-16)15(20)18-12-5-4-6-13(9-12)21-2/h4-9H,3,16H2,1-2H3,(H,17,19)(H,18,20). The Labute approximate surface area is 128 Å². The molecule has 0 bridgehead atoms. The maximum atomic E-state index is 12.3. The van der Waals surface area contributed by atoms with Crippen LogP contribution < -0.4 is 16.6 Å².